The predicted molar refractivity (Wildman–Crippen MR) is 138 cm³/mol. The Morgan fingerprint density at radius 3 is 2.44 bits per heavy atom. The SMILES string of the molecule is CCNC(=NCc1ccnc(Oc2ccc(OCC)cc2)c1)N1CCC(OCC)CC1.I. The van der Waals surface area contributed by atoms with E-state index in [1.165, 1.54) is 0 Å². The van der Waals surface area contributed by atoms with Crippen LogP contribution in [0.2, 0.25) is 0 Å². The molecule has 8 heteroatoms. The number of nitrogens with zero attached hydrogens (tertiary/aromatic N) is 3. The molecule has 176 valence electrons. The van der Waals surface area contributed by atoms with Crippen LogP contribution in [0.15, 0.2) is 47.6 Å². The van der Waals surface area contributed by atoms with Gasteiger partial charge in [0, 0.05) is 38.5 Å². The summed E-state index contributed by atoms with van der Waals surface area (Å²) < 4.78 is 17.1. The van der Waals surface area contributed by atoms with Gasteiger partial charge in [-0.2, -0.15) is 0 Å². The number of halogens is 1. The lowest BCUT2D eigenvalue weighted by molar-refractivity contribution is 0.0263. The van der Waals surface area contributed by atoms with Gasteiger partial charge in [-0.1, -0.05) is 0 Å². The van der Waals surface area contributed by atoms with E-state index in [9.17, 15) is 0 Å². The first-order valence-corrected chi connectivity index (χ1v) is 11.2. The Labute approximate surface area is 208 Å². The summed E-state index contributed by atoms with van der Waals surface area (Å²) in [7, 11) is 0. The van der Waals surface area contributed by atoms with E-state index in [1.54, 1.807) is 6.20 Å². The summed E-state index contributed by atoms with van der Waals surface area (Å²) >= 11 is 0. The van der Waals surface area contributed by atoms with Crippen LogP contribution in [0.3, 0.4) is 0 Å². The van der Waals surface area contributed by atoms with Crippen molar-refractivity contribution in [2.24, 2.45) is 4.99 Å². The molecule has 1 aromatic heterocycles. The van der Waals surface area contributed by atoms with Gasteiger partial charge >= 0.3 is 0 Å². The molecule has 1 aliphatic heterocycles. The summed E-state index contributed by atoms with van der Waals surface area (Å²) in [6, 6.07) is 11.5. The Balaban J connectivity index is 0.00000363. The fraction of sp³-hybridized carbons (Fsp3) is 0.500. The van der Waals surface area contributed by atoms with Crippen LogP contribution in [-0.2, 0) is 11.3 Å². The number of pyridine rings is 1. The van der Waals surface area contributed by atoms with Crippen molar-refractivity contribution in [3.63, 3.8) is 0 Å². The number of benzene rings is 1. The number of likely N-dealkylation sites (tertiary alicyclic amines) is 1. The minimum Gasteiger partial charge on any atom is -0.494 e. The van der Waals surface area contributed by atoms with Gasteiger partial charge in [0.25, 0.3) is 0 Å². The molecule has 0 amide bonds. The second-order valence-electron chi connectivity index (χ2n) is 7.32. The van der Waals surface area contributed by atoms with Crippen molar-refractivity contribution in [2.45, 2.75) is 46.3 Å². The fourth-order valence-electron chi connectivity index (χ4n) is 3.56. The lowest BCUT2D eigenvalue weighted by Gasteiger charge is -2.34. The van der Waals surface area contributed by atoms with Crippen LogP contribution in [0.1, 0.15) is 39.2 Å². The van der Waals surface area contributed by atoms with Gasteiger partial charge < -0.3 is 24.4 Å². The molecular weight excluding hydrogens is 519 g/mol. The third kappa shape index (κ3) is 8.12. The number of aromatic nitrogens is 1. The largest absolute Gasteiger partial charge is 0.494 e. The van der Waals surface area contributed by atoms with Crippen LogP contribution >= 0.6 is 24.0 Å². The molecule has 1 aliphatic rings. The number of aliphatic imine (C=N–C) groups is 1. The monoisotopic (exact) mass is 554 g/mol. The van der Waals surface area contributed by atoms with Gasteiger partial charge in [0.1, 0.15) is 11.5 Å². The van der Waals surface area contributed by atoms with Gasteiger partial charge in [-0.15, -0.1) is 24.0 Å². The molecule has 1 fully saturated rings. The quantitative estimate of drug-likeness (QED) is 0.272. The number of nitrogens with one attached hydrogen (secondary N) is 1. The first-order chi connectivity index (χ1) is 15.2. The molecule has 2 heterocycles. The Morgan fingerprint density at radius 2 is 1.78 bits per heavy atom. The van der Waals surface area contributed by atoms with E-state index in [1.807, 2.05) is 43.3 Å². The van der Waals surface area contributed by atoms with Crippen molar-refractivity contribution in [1.82, 2.24) is 15.2 Å². The number of hydrogen-bond donors (Lipinski definition) is 1. The second-order valence-corrected chi connectivity index (χ2v) is 7.32. The molecule has 0 unspecified atom stereocenters. The van der Waals surface area contributed by atoms with E-state index in [0.717, 1.165) is 62.1 Å². The molecule has 0 saturated carbocycles. The van der Waals surface area contributed by atoms with Gasteiger partial charge in [0.05, 0.1) is 19.3 Å². The molecule has 0 spiro atoms. The molecular formula is C24H35IN4O3. The number of hydrogen-bond acceptors (Lipinski definition) is 5. The zero-order valence-corrected chi connectivity index (χ0v) is 21.6. The van der Waals surface area contributed by atoms with Crippen molar-refractivity contribution in [2.75, 3.05) is 32.8 Å². The first-order valence-electron chi connectivity index (χ1n) is 11.2. The molecule has 0 aliphatic carbocycles. The molecule has 0 radical (unpaired) electrons. The fourth-order valence-corrected chi connectivity index (χ4v) is 3.56. The van der Waals surface area contributed by atoms with Crippen LogP contribution in [0, 0.1) is 0 Å². The van der Waals surface area contributed by atoms with E-state index in [4.69, 9.17) is 19.2 Å². The maximum atomic E-state index is 5.90. The van der Waals surface area contributed by atoms with Crippen molar-refractivity contribution < 1.29 is 14.2 Å². The van der Waals surface area contributed by atoms with E-state index in [2.05, 4.69) is 29.0 Å². The number of rotatable bonds is 9. The average Bonchev–Trinajstić information content (AvgIpc) is 2.79. The summed E-state index contributed by atoms with van der Waals surface area (Å²) in [5, 5.41) is 3.42. The van der Waals surface area contributed by atoms with Crippen LogP contribution in [0.4, 0.5) is 0 Å². The van der Waals surface area contributed by atoms with E-state index < -0.39 is 0 Å². The summed E-state index contributed by atoms with van der Waals surface area (Å²) in [5.74, 6) is 3.05. The van der Waals surface area contributed by atoms with Crippen LogP contribution in [0.5, 0.6) is 17.4 Å². The Bertz CT molecular complexity index is 824. The van der Waals surface area contributed by atoms with Crippen molar-refractivity contribution >= 4 is 29.9 Å². The number of piperidine rings is 1. The third-order valence-corrected chi connectivity index (χ3v) is 5.05. The summed E-state index contributed by atoms with van der Waals surface area (Å²) in [6.07, 6.45) is 4.20. The van der Waals surface area contributed by atoms with E-state index in [-0.39, 0.29) is 24.0 Å². The van der Waals surface area contributed by atoms with Crippen LogP contribution in [-0.4, -0.2) is 54.8 Å². The maximum Gasteiger partial charge on any atom is 0.219 e. The van der Waals surface area contributed by atoms with E-state index >= 15 is 0 Å². The summed E-state index contributed by atoms with van der Waals surface area (Å²) in [4.78, 5) is 11.5. The van der Waals surface area contributed by atoms with Gasteiger partial charge in [-0.25, -0.2) is 9.98 Å². The summed E-state index contributed by atoms with van der Waals surface area (Å²) in [5.41, 5.74) is 1.05. The van der Waals surface area contributed by atoms with Crippen molar-refractivity contribution in [3.05, 3.63) is 48.2 Å². The van der Waals surface area contributed by atoms with Crippen molar-refractivity contribution in [3.8, 4) is 17.4 Å². The minimum atomic E-state index is 0. The zero-order chi connectivity index (χ0) is 21.9. The molecule has 2 aromatic rings. The number of ether oxygens (including phenoxy) is 3. The highest BCUT2D eigenvalue weighted by Crippen LogP contribution is 2.23. The van der Waals surface area contributed by atoms with Gasteiger partial charge in [0.2, 0.25) is 5.88 Å². The first kappa shape index (κ1) is 26.2. The summed E-state index contributed by atoms with van der Waals surface area (Å²) in [6.45, 7) is 10.9. The molecule has 7 nitrogen and oxygen atoms in total. The second kappa shape index (κ2) is 14.2. The van der Waals surface area contributed by atoms with Gasteiger partial charge in [-0.3, -0.25) is 0 Å². The maximum absolute atomic E-state index is 5.90. The third-order valence-electron chi connectivity index (χ3n) is 5.05. The smallest absolute Gasteiger partial charge is 0.219 e. The highest BCUT2D eigenvalue weighted by atomic mass is 127. The Hall–Kier alpha value is -2.07. The molecule has 1 N–H and O–H groups in total. The van der Waals surface area contributed by atoms with Gasteiger partial charge in [-0.05, 0) is 69.5 Å². The molecule has 0 bridgehead atoms. The predicted octanol–water partition coefficient (Wildman–Crippen LogP) is 4.86. The molecule has 1 saturated heterocycles. The highest BCUT2D eigenvalue weighted by molar-refractivity contribution is 14.0. The highest BCUT2D eigenvalue weighted by Gasteiger charge is 2.21. The molecule has 0 atom stereocenters. The standard InChI is InChI=1S/C24H34N4O3.HI/c1-4-25-24(28-15-12-21(13-16-28)30-6-3)27-18-19-11-14-26-23(17-19)31-22-9-7-20(8-10-22)29-5-2;/h7-11,14,17,21H,4-6,12-13,15-16,18H2,1-3H3,(H,25,27);1H. The van der Waals surface area contributed by atoms with Crippen LogP contribution in [0.25, 0.3) is 0 Å². The normalized spacial score (nSPS) is 14.6. The number of guanidine groups is 1. The lowest BCUT2D eigenvalue weighted by atomic mass is 10.1. The zero-order valence-electron chi connectivity index (χ0n) is 19.3. The topological polar surface area (TPSA) is 68.2 Å². The van der Waals surface area contributed by atoms with Gasteiger partial charge in [0.15, 0.2) is 5.96 Å². The van der Waals surface area contributed by atoms with Crippen molar-refractivity contribution in [1.29, 1.82) is 0 Å². The minimum absolute atomic E-state index is 0. The molecule has 32 heavy (non-hydrogen) atoms. The Kier molecular flexibility index (Phi) is 11.6. The lowest BCUT2D eigenvalue weighted by Crippen LogP contribution is -2.47. The average molecular weight is 554 g/mol. The molecule has 1 aromatic carbocycles. The van der Waals surface area contributed by atoms with E-state index in [0.29, 0.717) is 25.1 Å². The van der Waals surface area contributed by atoms with Crippen LogP contribution < -0.4 is 14.8 Å². The molecule has 3 rings (SSSR count). The Morgan fingerprint density at radius 1 is 1.06 bits per heavy atom.